The highest BCUT2D eigenvalue weighted by Gasteiger charge is 2.39. The molecule has 6 heteroatoms. The Bertz CT molecular complexity index is 465. The van der Waals surface area contributed by atoms with Crippen LogP contribution in [0, 0.1) is 0 Å². The van der Waals surface area contributed by atoms with Crippen LogP contribution in [-0.2, 0) is 4.79 Å². The highest BCUT2D eigenvalue weighted by atomic mass is 19.4. The molecule has 1 rings (SSSR count). The van der Waals surface area contributed by atoms with Crippen molar-refractivity contribution in [1.82, 2.24) is 5.32 Å². The third-order valence-corrected chi connectivity index (χ3v) is 3.35. The van der Waals surface area contributed by atoms with E-state index in [0.29, 0.717) is 5.56 Å². The van der Waals surface area contributed by atoms with E-state index in [9.17, 15) is 18.0 Å². The van der Waals surface area contributed by atoms with Gasteiger partial charge in [0.25, 0.3) is 0 Å². The van der Waals surface area contributed by atoms with Gasteiger partial charge in [-0.1, -0.05) is 26.0 Å². The fourth-order valence-electron chi connectivity index (χ4n) is 2.25. The Kier molecular flexibility index (Phi) is 6.71. The average molecular weight is 316 g/mol. The Hall–Kier alpha value is -1.72. The summed E-state index contributed by atoms with van der Waals surface area (Å²) in [6.45, 7) is 7.62. The molecule has 0 unspecified atom stereocenters. The number of hydrogen-bond acceptors (Lipinski definition) is 2. The quantitative estimate of drug-likeness (QED) is 0.823. The first kappa shape index (κ1) is 18.3. The molecule has 22 heavy (non-hydrogen) atoms. The van der Waals surface area contributed by atoms with Crippen LogP contribution in [0.5, 0.6) is 0 Å². The van der Waals surface area contributed by atoms with Gasteiger partial charge in [0, 0.05) is 18.8 Å². The van der Waals surface area contributed by atoms with Gasteiger partial charge >= 0.3 is 12.1 Å². The average Bonchev–Trinajstić information content (AvgIpc) is 2.46. The fraction of sp³-hybridized carbons (Fsp3) is 0.562. The molecule has 0 heterocycles. The lowest BCUT2D eigenvalue weighted by molar-refractivity contribution is -0.174. The van der Waals surface area contributed by atoms with Crippen molar-refractivity contribution in [3.05, 3.63) is 29.8 Å². The molecule has 0 fully saturated rings. The Morgan fingerprint density at radius 2 is 1.64 bits per heavy atom. The van der Waals surface area contributed by atoms with Crippen LogP contribution in [0.15, 0.2) is 24.3 Å². The van der Waals surface area contributed by atoms with Crippen molar-refractivity contribution >= 4 is 11.6 Å². The molecule has 0 spiro atoms. The smallest absolute Gasteiger partial charge is 0.372 e. The van der Waals surface area contributed by atoms with E-state index in [1.165, 1.54) is 6.92 Å². The minimum absolute atomic E-state index is 0.647. The maximum atomic E-state index is 12.2. The van der Waals surface area contributed by atoms with Crippen molar-refractivity contribution in [2.75, 3.05) is 18.0 Å². The number of amides is 1. The molecular weight excluding hydrogens is 293 g/mol. The SMILES string of the molecule is CCCN(CCC)c1ccc([C@@H](C)NC(=O)C(F)(F)F)cc1. The molecule has 0 radical (unpaired) electrons. The van der Waals surface area contributed by atoms with Crippen LogP contribution in [0.4, 0.5) is 18.9 Å². The molecule has 0 aliphatic rings. The van der Waals surface area contributed by atoms with Crippen molar-refractivity contribution < 1.29 is 18.0 Å². The van der Waals surface area contributed by atoms with Gasteiger partial charge in [-0.15, -0.1) is 0 Å². The number of rotatable bonds is 7. The summed E-state index contributed by atoms with van der Waals surface area (Å²) < 4.78 is 36.7. The minimum Gasteiger partial charge on any atom is -0.372 e. The molecule has 0 aliphatic heterocycles. The van der Waals surface area contributed by atoms with Crippen LogP contribution in [0.25, 0.3) is 0 Å². The van der Waals surface area contributed by atoms with E-state index >= 15 is 0 Å². The summed E-state index contributed by atoms with van der Waals surface area (Å²) in [6, 6.07) is 6.60. The highest BCUT2D eigenvalue weighted by molar-refractivity contribution is 5.82. The predicted molar refractivity (Wildman–Crippen MR) is 81.8 cm³/mol. The third-order valence-electron chi connectivity index (χ3n) is 3.35. The summed E-state index contributed by atoms with van der Waals surface area (Å²) in [5.74, 6) is -1.91. The topological polar surface area (TPSA) is 32.3 Å². The molecule has 1 atom stereocenters. The zero-order valence-electron chi connectivity index (χ0n) is 13.2. The molecule has 3 nitrogen and oxygen atoms in total. The molecule has 1 aromatic rings. The highest BCUT2D eigenvalue weighted by Crippen LogP contribution is 2.22. The summed E-state index contributed by atoms with van der Waals surface area (Å²) in [4.78, 5) is 13.2. The molecule has 0 bridgehead atoms. The van der Waals surface area contributed by atoms with Crippen molar-refractivity contribution in [3.63, 3.8) is 0 Å². The second-order valence-electron chi connectivity index (χ2n) is 5.27. The summed E-state index contributed by atoms with van der Waals surface area (Å²) in [6.07, 6.45) is -2.80. The van der Waals surface area contributed by atoms with Gasteiger partial charge in [-0.25, -0.2) is 0 Å². The van der Waals surface area contributed by atoms with Crippen LogP contribution in [0.1, 0.15) is 45.2 Å². The van der Waals surface area contributed by atoms with E-state index in [0.717, 1.165) is 31.6 Å². The van der Waals surface area contributed by atoms with Crippen LogP contribution >= 0.6 is 0 Å². The molecule has 0 aromatic heterocycles. The molecule has 0 saturated carbocycles. The van der Waals surface area contributed by atoms with Crippen LogP contribution in [-0.4, -0.2) is 25.2 Å². The second-order valence-corrected chi connectivity index (χ2v) is 5.27. The number of alkyl halides is 3. The Morgan fingerprint density at radius 3 is 2.05 bits per heavy atom. The Labute approximate surface area is 129 Å². The van der Waals surface area contributed by atoms with E-state index in [4.69, 9.17) is 0 Å². The Morgan fingerprint density at radius 1 is 1.14 bits per heavy atom. The lowest BCUT2D eigenvalue weighted by atomic mass is 10.1. The van der Waals surface area contributed by atoms with Crippen LogP contribution < -0.4 is 10.2 Å². The molecule has 0 saturated heterocycles. The number of halogens is 3. The van der Waals surface area contributed by atoms with Gasteiger partial charge < -0.3 is 10.2 Å². The summed E-state index contributed by atoms with van der Waals surface area (Å²) in [5, 5.41) is 1.96. The van der Waals surface area contributed by atoms with E-state index < -0.39 is 18.1 Å². The normalized spacial score (nSPS) is 12.8. The first-order valence-corrected chi connectivity index (χ1v) is 7.52. The number of nitrogens with zero attached hydrogens (tertiary/aromatic N) is 1. The van der Waals surface area contributed by atoms with Gasteiger partial charge in [0.05, 0.1) is 6.04 Å². The van der Waals surface area contributed by atoms with Gasteiger partial charge in [0.1, 0.15) is 0 Å². The third kappa shape index (κ3) is 5.24. The first-order chi connectivity index (χ1) is 10.3. The summed E-state index contributed by atoms with van der Waals surface area (Å²) >= 11 is 0. The van der Waals surface area contributed by atoms with Crippen LogP contribution in [0.2, 0.25) is 0 Å². The number of benzene rings is 1. The summed E-state index contributed by atoms with van der Waals surface area (Å²) in [5.41, 5.74) is 1.69. The monoisotopic (exact) mass is 316 g/mol. The molecular formula is C16H23F3N2O. The number of anilines is 1. The van der Waals surface area contributed by atoms with Gasteiger partial charge in [-0.05, 0) is 37.5 Å². The first-order valence-electron chi connectivity index (χ1n) is 7.52. The van der Waals surface area contributed by atoms with Gasteiger partial charge in [-0.2, -0.15) is 13.2 Å². The minimum atomic E-state index is -4.85. The lowest BCUT2D eigenvalue weighted by Crippen LogP contribution is -2.38. The molecule has 124 valence electrons. The van der Waals surface area contributed by atoms with E-state index in [1.54, 1.807) is 12.1 Å². The van der Waals surface area contributed by atoms with Crippen molar-refractivity contribution in [3.8, 4) is 0 Å². The number of nitrogens with one attached hydrogen (secondary N) is 1. The van der Waals surface area contributed by atoms with E-state index in [2.05, 4.69) is 18.7 Å². The maximum Gasteiger partial charge on any atom is 0.471 e. The molecule has 1 N–H and O–H groups in total. The van der Waals surface area contributed by atoms with E-state index in [1.807, 2.05) is 17.4 Å². The predicted octanol–water partition coefficient (Wildman–Crippen LogP) is 4.05. The molecule has 1 amide bonds. The van der Waals surface area contributed by atoms with E-state index in [-0.39, 0.29) is 0 Å². The van der Waals surface area contributed by atoms with Gasteiger partial charge in [-0.3, -0.25) is 4.79 Å². The standard InChI is InChI=1S/C16H23F3N2O/c1-4-10-21(11-5-2)14-8-6-13(7-9-14)12(3)20-15(22)16(17,18)19/h6-9,12H,4-5,10-11H2,1-3H3,(H,20,22)/t12-/m1/s1. The second kappa shape index (κ2) is 8.06. The van der Waals surface area contributed by atoms with Gasteiger partial charge in [0.15, 0.2) is 0 Å². The van der Waals surface area contributed by atoms with Crippen molar-refractivity contribution in [2.24, 2.45) is 0 Å². The summed E-state index contributed by atoms with van der Waals surface area (Å²) in [7, 11) is 0. The van der Waals surface area contributed by atoms with Gasteiger partial charge in [0.2, 0.25) is 0 Å². The van der Waals surface area contributed by atoms with Crippen LogP contribution in [0.3, 0.4) is 0 Å². The molecule has 1 aromatic carbocycles. The number of carbonyl (C=O) groups excluding carboxylic acids is 1. The zero-order valence-corrected chi connectivity index (χ0v) is 13.2. The number of carbonyl (C=O) groups is 1. The van der Waals surface area contributed by atoms with Crippen molar-refractivity contribution in [1.29, 1.82) is 0 Å². The lowest BCUT2D eigenvalue weighted by Gasteiger charge is -2.24. The fourth-order valence-corrected chi connectivity index (χ4v) is 2.25. The largest absolute Gasteiger partial charge is 0.471 e. The maximum absolute atomic E-state index is 12.2. The number of hydrogen-bond donors (Lipinski definition) is 1. The Balaban J connectivity index is 2.76. The zero-order chi connectivity index (χ0) is 16.8. The van der Waals surface area contributed by atoms with Crippen molar-refractivity contribution in [2.45, 2.75) is 45.8 Å². The molecule has 0 aliphatic carbocycles.